The first-order valence-corrected chi connectivity index (χ1v) is 10.5. The molecule has 1 saturated heterocycles. The summed E-state index contributed by atoms with van der Waals surface area (Å²) in [5.41, 5.74) is 3.10. The molecule has 5 nitrogen and oxygen atoms in total. The highest BCUT2D eigenvalue weighted by molar-refractivity contribution is 4.85. The predicted molar refractivity (Wildman–Crippen MR) is 101 cm³/mol. The topological polar surface area (TPSA) is 56.8 Å². The van der Waals surface area contributed by atoms with Crippen LogP contribution in [-0.2, 0) is 4.74 Å². The molecule has 2 atom stereocenters. The third-order valence-electron chi connectivity index (χ3n) is 6.52. The Morgan fingerprint density at radius 3 is 2.16 bits per heavy atom. The molecule has 0 aromatic rings. The van der Waals surface area contributed by atoms with Gasteiger partial charge in [-0.15, -0.1) is 0 Å². The Labute approximate surface area is 153 Å². The van der Waals surface area contributed by atoms with Gasteiger partial charge in [0.1, 0.15) is 0 Å². The van der Waals surface area contributed by atoms with Crippen LogP contribution >= 0.6 is 0 Å². The monoisotopic (exact) mass is 353 g/mol. The van der Waals surface area contributed by atoms with Crippen molar-refractivity contribution in [1.29, 1.82) is 0 Å². The summed E-state index contributed by atoms with van der Waals surface area (Å²) in [7, 11) is 0. The highest BCUT2D eigenvalue weighted by Gasteiger charge is 2.39. The van der Waals surface area contributed by atoms with Gasteiger partial charge >= 0.3 is 0 Å². The molecule has 2 aliphatic carbocycles. The average molecular weight is 354 g/mol. The molecule has 1 aliphatic heterocycles. The molecule has 0 radical (unpaired) electrons. The molecular formula is C20H39N3O2. The van der Waals surface area contributed by atoms with Crippen LogP contribution in [0, 0.1) is 17.3 Å². The van der Waals surface area contributed by atoms with Crippen LogP contribution in [0.5, 0.6) is 0 Å². The predicted octanol–water partition coefficient (Wildman–Crippen LogP) is 3.20. The second-order valence-electron chi connectivity index (χ2n) is 9.49. The second-order valence-corrected chi connectivity index (χ2v) is 9.49. The van der Waals surface area contributed by atoms with E-state index in [0.717, 1.165) is 38.0 Å². The van der Waals surface area contributed by atoms with Crippen molar-refractivity contribution in [2.45, 2.75) is 97.0 Å². The molecule has 1 heterocycles. The smallest absolute Gasteiger partial charge is 0.151 e. The van der Waals surface area contributed by atoms with Crippen molar-refractivity contribution in [3.63, 3.8) is 0 Å². The van der Waals surface area contributed by atoms with Gasteiger partial charge in [0, 0.05) is 0 Å². The van der Waals surface area contributed by atoms with Gasteiger partial charge in [0.05, 0.1) is 25.5 Å². The fourth-order valence-corrected chi connectivity index (χ4v) is 4.81. The van der Waals surface area contributed by atoms with Gasteiger partial charge in [-0.05, 0) is 42.9 Å². The van der Waals surface area contributed by atoms with E-state index in [-0.39, 0.29) is 17.7 Å². The van der Waals surface area contributed by atoms with Crippen LogP contribution in [0.25, 0.3) is 0 Å². The molecule has 3 rings (SSSR count). The van der Waals surface area contributed by atoms with Gasteiger partial charge < -0.3 is 9.84 Å². The molecule has 0 aromatic carbocycles. The summed E-state index contributed by atoms with van der Waals surface area (Å²) in [4.78, 5) is 0. The summed E-state index contributed by atoms with van der Waals surface area (Å²) in [5, 5.41) is 16.2. The average Bonchev–Trinajstić information content (AvgIpc) is 3.14. The SMILES string of the molecule is CC(C)(C)C(O)C(OC1CCC(C2CCCCC2)CC1)N1CNCN1. The number of hydrazine groups is 1. The first kappa shape index (κ1) is 19.6. The molecular weight excluding hydrogens is 314 g/mol. The fourth-order valence-electron chi connectivity index (χ4n) is 4.81. The lowest BCUT2D eigenvalue weighted by Gasteiger charge is -2.41. The van der Waals surface area contributed by atoms with Crippen molar-refractivity contribution < 1.29 is 9.84 Å². The number of aliphatic hydroxyl groups is 1. The standard InChI is InChI=1S/C20H39N3O2/c1-20(2,3)18(24)19(23-14-21-13-22-23)25-17-11-9-16(10-12-17)15-7-5-4-6-8-15/h15-19,21-22,24H,4-14H2,1-3H3. The summed E-state index contributed by atoms with van der Waals surface area (Å²) in [6.45, 7) is 7.70. The van der Waals surface area contributed by atoms with Crippen molar-refractivity contribution in [3.8, 4) is 0 Å². The number of hydrogen-bond acceptors (Lipinski definition) is 5. The second kappa shape index (κ2) is 8.66. The Morgan fingerprint density at radius 1 is 0.960 bits per heavy atom. The van der Waals surface area contributed by atoms with Crippen LogP contribution < -0.4 is 10.7 Å². The zero-order valence-electron chi connectivity index (χ0n) is 16.5. The largest absolute Gasteiger partial charge is 0.388 e. The zero-order chi connectivity index (χ0) is 17.9. The lowest BCUT2D eigenvalue weighted by atomic mass is 9.73. The van der Waals surface area contributed by atoms with E-state index >= 15 is 0 Å². The molecule has 146 valence electrons. The maximum atomic E-state index is 10.9. The van der Waals surface area contributed by atoms with Crippen molar-refractivity contribution >= 4 is 0 Å². The van der Waals surface area contributed by atoms with Crippen LogP contribution in [0.1, 0.15) is 78.6 Å². The van der Waals surface area contributed by atoms with E-state index in [1.54, 1.807) is 0 Å². The first-order chi connectivity index (χ1) is 11.9. The van der Waals surface area contributed by atoms with Gasteiger partial charge in [0.15, 0.2) is 6.23 Å². The molecule has 3 N–H and O–H groups in total. The Morgan fingerprint density at radius 2 is 1.60 bits per heavy atom. The Kier molecular flexibility index (Phi) is 6.77. The van der Waals surface area contributed by atoms with E-state index in [1.807, 2.05) is 5.01 Å². The number of nitrogens with zero attached hydrogens (tertiary/aromatic N) is 1. The van der Waals surface area contributed by atoms with E-state index in [1.165, 1.54) is 44.9 Å². The highest BCUT2D eigenvalue weighted by atomic mass is 16.5. The summed E-state index contributed by atoms with van der Waals surface area (Å²) in [6, 6.07) is 0. The van der Waals surface area contributed by atoms with E-state index in [2.05, 4.69) is 31.5 Å². The van der Waals surface area contributed by atoms with Crippen molar-refractivity contribution in [2.75, 3.05) is 13.3 Å². The molecule has 2 unspecified atom stereocenters. The van der Waals surface area contributed by atoms with Crippen LogP contribution in [-0.4, -0.2) is 41.9 Å². The molecule has 0 spiro atoms. The summed E-state index contributed by atoms with van der Waals surface area (Å²) < 4.78 is 6.47. The van der Waals surface area contributed by atoms with Gasteiger partial charge in [0.25, 0.3) is 0 Å². The molecule has 3 aliphatic rings. The van der Waals surface area contributed by atoms with E-state index in [0.29, 0.717) is 0 Å². The molecule has 0 aromatic heterocycles. The minimum Gasteiger partial charge on any atom is -0.388 e. The van der Waals surface area contributed by atoms with E-state index < -0.39 is 6.10 Å². The van der Waals surface area contributed by atoms with Gasteiger partial charge in [-0.25, -0.2) is 5.43 Å². The first-order valence-electron chi connectivity index (χ1n) is 10.5. The maximum Gasteiger partial charge on any atom is 0.151 e. The van der Waals surface area contributed by atoms with E-state index in [4.69, 9.17) is 4.74 Å². The molecule has 3 fully saturated rings. The minimum absolute atomic E-state index is 0.200. The van der Waals surface area contributed by atoms with Crippen molar-refractivity contribution in [1.82, 2.24) is 15.8 Å². The third kappa shape index (κ3) is 5.16. The van der Waals surface area contributed by atoms with Crippen LogP contribution in [0.15, 0.2) is 0 Å². The van der Waals surface area contributed by atoms with Crippen molar-refractivity contribution in [2.24, 2.45) is 17.3 Å². The maximum absolute atomic E-state index is 10.9. The fraction of sp³-hybridized carbons (Fsp3) is 1.00. The molecule has 2 saturated carbocycles. The molecule has 5 heteroatoms. The number of nitrogens with one attached hydrogen (secondary N) is 2. The summed E-state index contributed by atoms with van der Waals surface area (Å²) >= 11 is 0. The molecule has 25 heavy (non-hydrogen) atoms. The zero-order valence-corrected chi connectivity index (χ0v) is 16.5. The lowest BCUT2D eigenvalue weighted by molar-refractivity contribution is -0.192. The third-order valence-corrected chi connectivity index (χ3v) is 6.52. The number of hydrogen-bond donors (Lipinski definition) is 3. The Bertz CT molecular complexity index is 392. The quantitative estimate of drug-likeness (QED) is 0.709. The molecule has 0 bridgehead atoms. The molecule has 0 amide bonds. The Balaban J connectivity index is 1.53. The van der Waals surface area contributed by atoms with Gasteiger partial charge in [-0.1, -0.05) is 52.9 Å². The number of aliphatic hydroxyl groups excluding tert-OH is 1. The van der Waals surface area contributed by atoms with Gasteiger partial charge in [-0.2, -0.15) is 5.01 Å². The summed E-state index contributed by atoms with van der Waals surface area (Å²) in [6.07, 6.45) is 11.6. The van der Waals surface area contributed by atoms with E-state index in [9.17, 15) is 5.11 Å². The summed E-state index contributed by atoms with van der Waals surface area (Å²) in [5.74, 6) is 1.88. The highest BCUT2D eigenvalue weighted by Crippen LogP contribution is 2.39. The Hall–Kier alpha value is -0.200. The van der Waals surface area contributed by atoms with Gasteiger partial charge in [0.2, 0.25) is 0 Å². The van der Waals surface area contributed by atoms with Crippen molar-refractivity contribution in [3.05, 3.63) is 0 Å². The van der Waals surface area contributed by atoms with Crippen LogP contribution in [0.4, 0.5) is 0 Å². The number of ether oxygens (including phenoxy) is 1. The lowest BCUT2D eigenvalue weighted by Crippen LogP contribution is -2.54. The number of rotatable bonds is 5. The normalized spacial score (nSPS) is 32.6. The van der Waals surface area contributed by atoms with Crippen LogP contribution in [0.3, 0.4) is 0 Å². The minimum atomic E-state index is -0.518. The van der Waals surface area contributed by atoms with Gasteiger partial charge in [-0.3, -0.25) is 5.32 Å². The van der Waals surface area contributed by atoms with Crippen LogP contribution in [0.2, 0.25) is 0 Å².